The predicted molar refractivity (Wildman–Crippen MR) is 127 cm³/mol. The molecule has 8 heteroatoms. The molecule has 1 aliphatic heterocycles. The van der Waals surface area contributed by atoms with E-state index in [0.717, 1.165) is 5.56 Å². The fourth-order valence-electron chi connectivity index (χ4n) is 2.62. The molecule has 4 nitrogen and oxygen atoms in total. The van der Waals surface area contributed by atoms with E-state index in [4.69, 9.17) is 39.7 Å². The Hall–Kier alpha value is -1.98. The van der Waals surface area contributed by atoms with E-state index < -0.39 is 0 Å². The third kappa shape index (κ3) is 4.96. The number of thiocarbonyl (C=S) groups is 1. The van der Waals surface area contributed by atoms with Crippen LogP contribution in [-0.2, 0) is 4.79 Å². The van der Waals surface area contributed by atoms with Gasteiger partial charge in [-0.25, -0.2) is 0 Å². The van der Waals surface area contributed by atoms with Crippen molar-refractivity contribution in [1.29, 1.82) is 0 Å². The van der Waals surface area contributed by atoms with E-state index in [-0.39, 0.29) is 12.5 Å². The normalized spacial score (nSPS) is 15.0. The summed E-state index contributed by atoms with van der Waals surface area (Å²) >= 11 is 16.1. The van der Waals surface area contributed by atoms with Crippen LogP contribution in [0.4, 0.5) is 5.69 Å². The Morgan fingerprint density at radius 2 is 2.03 bits per heavy atom. The first-order valence-corrected chi connectivity index (χ1v) is 10.9. The maximum Gasteiger partial charge on any atom is 0.270 e. The molecule has 0 aromatic heterocycles. The number of nitrogens with zero attached hydrogens (tertiary/aromatic N) is 1. The van der Waals surface area contributed by atoms with Gasteiger partial charge in [0.15, 0.2) is 15.8 Å². The van der Waals surface area contributed by atoms with Crippen molar-refractivity contribution in [3.05, 3.63) is 56.4 Å². The van der Waals surface area contributed by atoms with Crippen molar-refractivity contribution in [3.8, 4) is 23.8 Å². The second-order valence-electron chi connectivity index (χ2n) is 5.75. The highest BCUT2D eigenvalue weighted by Crippen LogP contribution is 2.40. The van der Waals surface area contributed by atoms with Gasteiger partial charge in [0.25, 0.3) is 5.91 Å². The van der Waals surface area contributed by atoms with E-state index in [1.54, 1.807) is 36.4 Å². The number of hydrogen-bond acceptors (Lipinski definition) is 5. The number of thioether (sulfide) groups is 1. The molecule has 0 atom stereocenters. The molecule has 1 heterocycles. The lowest BCUT2D eigenvalue weighted by Gasteiger charge is -2.14. The van der Waals surface area contributed by atoms with Crippen molar-refractivity contribution in [2.75, 3.05) is 18.1 Å². The minimum Gasteiger partial charge on any atom is -0.490 e. The summed E-state index contributed by atoms with van der Waals surface area (Å²) in [7, 11) is 0. The summed E-state index contributed by atoms with van der Waals surface area (Å²) in [6.07, 6.45) is 7.05. The van der Waals surface area contributed by atoms with Crippen LogP contribution in [0.15, 0.2) is 45.8 Å². The van der Waals surface area contributed by atoms with Gasteiger partial charge in [0.2, 0.25) is 0 Å². The van der Waals surface area contributed by atoms with Gasteiger partial charge in [-0.2, -0.15) is 0 Å². The van der Waals surface area contributed by atoms with Crippen LogP contribution >= 0.6 is 51.5 Å². The van der Waals surface area contributed by atoms with Crippen molar-refractivity contribution in [2.45, 2.75) is 6.92 Å². The molecular formula is C21H15BrClNO3S2. The molecule has 3 rings (SSSR count). The van der Waals surface area contributed by atoms with Crippen molar-refractivity contribution in [3.63, 3.8) is 0 Å². The molecule has 0 saturated carbocycles. The first-order valence-electron chi connectivity index (χ1n) is 8.50. The maximum atomic E-state index is 12.9. The summed E-state index contributed by atoms with van der Waals surface area (Å²) in [5.74, 6) is 3.31. The Morgan fingerprint density at radius 1 is 1.31 bits per heavy atom. The SMILES string of the molecule is C#CCOc1c(Br)cc(/C=C2/SC(=S)N(c3ccc(Cl)cc3)C2=O)cc1OCC. The zero-order chi connectivity index (χ0) is 21.0. The Morgan fingerprint density at radius 3 is 2.69 bits per heavy atom. The summed E-state index contributed by atoms with van der Waals surface area (Å²) in [6, 6.07) is 10.6. The Kier molecular flexibility index (Phi) is 7.25. The quantitative estimate of drug-likeness (QED) is 0.275. The minimum absolute atomic E-state index is 0.123. The number of carbonyl (C=O) groups excluding carboxylic acids is 1. The molecular weight excluding hydrogens is 494 g/mol. The molecule has 2 aromatic rings. The molecule has 0 radical (unpaired) electrons. The predicted octanol–water partition coefficient (Wildman–Crippen LogP) is 5.92. The summed E-state index contributed by atoms with van der Waals surface area (Å²) < 4.78 is 12.4. The summed E-state index contributed by atoms with van der Waals surface area (Å²) in [5.41, 5.74) is 1.44. The summed E-state index contributed by atoms with van der Waals surface area (Å²) in [6.45, 7) is 2.46. The zero-order valence-electron chi connectivity index (χ0n) is 15.3. The second kappa shape index (κ2) is 9.68. The van der Waals surface area contributed by atoms with Gasteiger partial charge >= 0.3 is 0 Å². The highest BCUT2D eigenvalue weighted by molar-refractivity contribution is 9.10. The molecule has 0 bridgehead atoms. The second-order valence-corrected chi connectivity index (χ2v) is 8.72. The maximum absolute atomic E-state index is 12.9. The van der Waals surface area contributed by atoms with E-state index in [1.165, 1.54) is 16.7 Å². The van der Waals surface area contributed by atoms with Gasteiger partial charge in [-0.05, 0) is 70.9 Å². The van der Waals surface area contributed by atoms with E-state index in [0.29, 0.717) is 42.5 Å². The highest BCUT2D eigenvalue weighted by Gasteiger charge is 2.33. The largest absolute Gasteiger partial charge is 0.490 e. The van der Waals surface area contributed by atoms with Crippen LogP contribution in [0.5, 0.6) is 11.5 Å². The zero-order valence-corrected chi connectivity index (χ0v) is 19.3. The van der Waals surface area contributed by atoms with Crippen molar-refractivity contribution in [1.82, 2.24) is 0 Å². The van der Waals surface area contributed by atoms with Crippen LogP contribution in [0.3, 0.4) is 0 Å². The summed E-state index contributed by atoms with van der Waals surface area (Å²) in [4.78, 5) is 14.9. The van der Waals surface area contributed by atoms with Gasteiger partial charge in [-0.15, -0.1) is 6.42 Å². The van der Waals surface area contributed by atoms with Crippen molar-refractivity contribution < 1.29 is 14.3 Å². The van der Waals surface area contributed by atoms with Crippen LogP contribution < -0.4 is 14.4 Å². The molecule has 29 heavy (non-hydrogen) atoms. The molecule has 0 aliphatic carbocycles. The number of halogens is 2. The minimum atomic E-state index is -0.191. The van der Waals surface area contributed by atoms with Gasteiger partial charge in [0.1, 0.15) is 6.61 Å². The fourth-order valence-corrected chi connectivity index (χ4v) is 4.62. The van der Waals surface area contributed by atoms with Gasteiger partial charge in [-0.3, -0.25) is 9.69 Å². The number of anilines is 1. The summed E-state index contributed by atoms with van der Waals surface area (Å²) in [5, 5.41) is 0.593. The average Bonchev–Trinajstić information content (AvgIpc) is 2.95. The molecule has 0 N–H and O–H groups in total. The monoisotopic (exact) mass is 507 g/mol. The lowest BCUT2D eigenvalue weighted by molar-refractivity contribution is -0.113. The first-order chi connectivity index (χ1) is 13.9. The molecule has 1 aliphatic rings. The third-order valence-electron chi connectivity index (χ3n) is 3.81. The van der Waals surface area contributed by atoms with Crippen LogP contribution in [0.1, 0.15) is 12.5 Å². The number of rotatable bonds is 6. The van der Waals surface area contributed by atoms with E-state index >= 15 is 0 Å². The van der Waals surface area contributed by atoms with Crippen LogP contribution in [0, 0.1) is 12.3 Å². The van der Waals surface area contributed by atoms with Gasteiger partial charge in [0.05, 0.1) is 21.7 Å². The van der Waals surface area contributed by atoms with Crippen LogP contribution in [-0.4, -0.2) is 23.4 Å². The lowest BCUT2D eigenvalue weighted by atomic mass is 10.1. The number of benzene rings is 2. The van der Waals surface area contributed by atoms with Gasteiger partial charge < -0.3 is 9.47 Å². The number of hydrogen-bond donors (Lipinski definition) is 0. The Balaban J connectivity index is 1.93. The number of carbonyl (C=O) groups is 1. The number of ether oxygens (including phenoxy) is 2. The van der Waals surface area contributed by atoms with Crippen molar-refractivity contribution >= 4 is 73.5 Å². The molecule has 1 amide bonds. The molecule has 148 valence electrons. The highest BCUT2D eigenvalue weighted by atomic mass is 79.9. The molecule has 0 unspecified atom stereocenters. The standard InChI is InChI=1S/C21H15BrClNO3S2/c1-3-9-27-19-16(22)10-13(11-17(19)26-4-2)12-18-20(25)24(21(28)29-18)15-7-5-14(23)6-8-15/h1,5-8,10-12H,4,9H2,2H3/b18-12+. The van der Waals surface area contributed by atoms with E-state index in [2.05, 4.69) is 21.9 Å². The molecule has 1 saturated heterocycles. The smallest absolute Gasteiger partial charge is 0.270 e. The average molecular weight is 509 g/mol. The van der Waals surface area contributed by atoms with Crippen molar-refractivity contribution in [2.24, 2.45) is 0 Å². The van der Waals surface area contributed by atoms with E-state index in [1.807, 2.05) is 13.0 Å². The topological polar surface area (TPSA) is 38.8 Å². The van der Waals surface area contributed by atoms with Crippen LogP contribution in [0.2, 0.25) is 5.02 Å². The molecule has 1 fully saturated rings. The Labute approximate surface area is 192 Å². The first kappa shape index (κ1) is 21.7. The fraction of sp³-hybridized carbons (Fsp3) is 0.143. The Bertz CT molecular complexity index is 1030. The van der Waals surface area contributed by atoms with E-state index in [9.17, 15) is 4.79 Å². The van der Waals surface area contributed by atoms with Crippen LogP contribution in [0.25, 0.3) is 6.08 Å². The van der Waals surface area contributed by atoms with Gasteiger partial charge in [-0.1, -0.05) is 41.5 Å². The van der Waals surface area contributed by atoms with Gasteiger partial charge in [0, 0.05) is 5.02 Å². The molecule has 0 spiro atoms. The lowest BCUT2D eigenvalue weighted by Crippen LogP contribution is -2.27. The third-order valence-corrected chi connectivity index (χ3v) is 5.95. The molecule has 2 aromatic carbocycles. The number of terminal acetylenes is 1. The number of amides is 1.